The number of ether oxygens (including phenoxy) is 1. The lowest BCUT2D eigenvalue weighted by Gasteiger charge is -1.61. The van der Waals surface area contributed by atoms with E-state index in [0.29, 0.717) is 0 Å². The SMILES string of the molecule is Cl.Cl.O=[P](O)O.c1ccc2c(c1)O2. The van der Waals surface area contributed by atoms with Crippen molar-refractivity contribution in [2.45, 2.75) is 0 Å². The molecule has 0 bridgehead atoms. The monoisotopic (exact) mass is 245 g/mol. The lowest BCUT2D eigenvalue weighted by atomic mass is 10.4. The van der Waals surface area contributed by atoms with E-state index < -0.39 is 8.25 Å². The van der Waals surface area contributed by atoms with Crippen molar-refractivity contribution >= 4 is 33.1 Å². The summed E-state index contributed by atoms with van der Waals surface area (Å²) in [6.07, 6.45) is 0. The molecule has 2 N–H and O–H groups in total. The maximum absolute atomic E-state index is 8.70. The van der Waals surface area contributed by atoms with Gasteiger partial charge >= 0.3 is 8.25 Å². The maximum Gasteiger partial charge on any atom is 0.363 e. The summed E-state index contributed by atoms with van der Waals surface area (Å²) in [5.74, 6) is 2.06. The molecular formula is C6H8Cl2O4P. The van der Waals surface area contributed by atoms with Gasteiger partial charge in [-0.25, -0.2) is 4.57 Å². The highest BCUT2D eigenvalue weighted by molar-refractivity contribution is 7.30. The fraction of sp³-hybridized carbons (Fsp3) is 0. The van der Waals surface area contributed by atoms with Crippen LogP contribution in [0, 0.1) is 0 Å². The van der Waals surface area contributed by atoms with Crippen LogP contribution in [-0.4, -0.2) is 9.79 Å². The van der Waals surface area contributed by atoms with Gasteiger partial charge < -0.3 is 4.74 Å². The molecule has 0 aromatic heterocycles. The molecule has 0 saturated heterocycles. The fourth-order valence-electron chi connectivity index (χ4n) is 0.611. The average molecular weight is 246 g/mol. The second kappa shape index (κ2) is 7.06. The van der Waals surface area contributed by atoms with Gasteiger partial charge in [0.25, 0.3) is 0 Å². The molecule has 75 valence electrons. The van der Waals surface area contributed by atoms with Crippen molar-refractivity contribution in [1.82, 2.24) is 0 Å². The Hall–Kier alpha value is -0.380. The van der Waals surface area contributed by atoms with Crippen LogP contribution in [0.5, 0.6) is 11.5 Å². The van der Waals surface area contributed by atoms with Gasteiger partial charge in [-0.15, -0.1) is 24.8 Å². The maximum atomic E-state index is 8.70. The number of fused-ring (bicyclic) bond motifs is 1. The highest BCUT2D eigenvalue weighted by Crippen LogP contribution is 2.43. The molecule has 1 aromatic carbocycles. The normalized spacial score (nSPS) is 8.46. The molecule has 1 aliphatic rings. The molecule has 1 heterocycles. The van der Waals surface area contributed by atoms with E-state index in [4.69, 9.17) is 19.1 Å². The zero-order chi connectivity index (χ0) is 8.27. The van der Waals surface area contributed by atoms with E-state index >= 15 is 0 Å². The lowest BCUT2D eigenvalue weighted by molar-refractivity contribution is 0.405. The number of hydrogen-bond acceptors (Lipinski definition) is 2. The molecule has 4 nitrogen and oxygen atoms in total. The van der Waals surface area contributed by atoms with E-state index in [1.54, 1.807) is 0 Å². The summed E-state index contributed by atoms with van der Waals surface area (Å²) in [7, 11) is -2.87. The molecule has 0 spiro atoms. The Bertz CT molecular complexity index is 256. The van der Waals surface area contributed by atoms with Crippen LogP contribution in [0.15, 0.2) is 24.3 Å². The molecule has 0 aliphatic carbocycles. The van der Waals surface area contributed by atoms with Crippen LogP contribution in [-0.2, 0) is 4.57 Å². The summed E-state index contributed by atoms with van der Waals surface area (Å²) < 4.78 is 13.6. The average Bonchev–Trinajstić information content (AvgIpc) is 2.62. The van der Waals surface area contributed by atoms with Crippen molar-refractivity contribution in [3.63, 3.8) is 0 Å². The van der Waals surface area contributed by atoms with Gasteiger partial charge in [-0.05, 0) is 12.1 Å². The molecule has 1 radical (unpaired) electrons. The number of benzene rings is 1. The first kappa shape index (κ1) is 15.1. The predicted molar refractivity (Wildman–Crippen MR) is 53.1 cm³/mol. The first-order valence-electron chi connectivity index (χ1n) is 2.82. The van der Waals surface area contributed by atoms with Crippen LogP contribution >= 0.6 is 33.1 Å². The van der Waals surface area contributed by atoms with E-state index in [1.165, 1.54) is 0 Å². The summed E-state index contributed by atoms with van der Waals surface area (Å²) >= 11 is 0. The summed E-state index contributed by atoms with van der Waals surface area (Å²) in [6, 6.07) is 7.84. The van der Waals surface area contributed by atoms with Gasteiger partial charge in [-0.2, -0.15) is 0 Å². The van der Waals surface area contributed by atoms with Gasteiger partial charge in [0.05, 0.1) is 0 Å². The Labute approximate surface area is 88.3 Å². The third-order valence-electron chi connectivity index (χ3n) is 1.03. The van der Waals surface area contributed by atoms with E-state index in [-0.39, 0.29) is 24.8 Å². The molecule has 0 atom stereocenters. The largest absolute Gasteiger partial charge is 0.450 e. The molecule has 0 fully saturated rings. The Morgan fingerprint density at radius 3 is 1.62 bits per heavy atom. The first-order chi connectivity index (χ1) is 5.20. The van der Waals surface area contributed by atoms with Crippen LogP contribution in [0.25, 0.3) is 0 Å². The topological polar surface area (TPSA) is 70.1 Å². The van der Waals surface area contributed by atoms with Crippen LogP contribution in [0.1, 0.15) is 0 Å². The summed E-state index contributed by atoms with van der Waals surface area (Å²) in [4.78, 5) is 14.2. The third kappa shape index (κ3) is 6.75. The van der Waals surface area contributed by atoms with Gasteiger partial charge in [0.1, 0.15) is 0 Å². The predicted octanol–water partition coefficient (Wildman–Crippen LogP) is 2.26. The molecule has 2 rings (SSSR count). The zero-order valence-corrected chi connectivity index (χ0v) is 8.81. The van der Waals surface area contributed by atoms with Crippen molar-refractivity contribution in [2.24, 2.45) is 0 Å². The minimum Gasteiger partial charge on any atom is -0.450 e. The van der Waals surface area contributed by atoms with E-state index in [1.807, 2.05) is 24.3 Å². The van der Waals surface area contributed by atoms with Crippen molar-refractivity contribution < 1.29 is 19.1 Å². The van der Waals surface area contributed by atoms with Crippen LogP contribution in [0.3, 0.4) is 0 Å². The summed E-state index contributed by atoms with van der Waals surface area (Å²) in [6.45, 7) is 0. The van der Waals surface area contributed by atoms with Crippen LogP contribution in [0.2, 0.25) is 0 Å². The lowest BCUT2D eigenvalue weighted by Crippen LogP contribution is -1.38. The fourth-order valence-corrected chi connectivity index (χ4v) is 0.611. The number of halogens is 2. The summed E-state index contributed by atoms with van der Waals surface area (Å²) in [5.41, 5.74) is 0. The molecule has 1 aromatic rings. The van der Waals surface area contributed by atoms with Crippen molar-refractivity contribution in [2.75, 3.05) is 0 Å². The molecule has 1 aliphatic heterocycles. The molecular weight excluding hydrogens is 238 g/mol. The molecule has 0 saturated carbocycles. The minimum atomic E-state index is -2.87. The smallest absolute Gasteiger partial charge is 0.363 e. The highest BCUT2D eigenvalue weighted by Gasteiger charge is 2.15. The van der Waals surface area contributed by atoms with Gasteiger partial charge in [0.2, 0.25) is 0 Å². The molecule has 7 heteroatoms. The van der Waals surface area contributed by atoms with Gasteiger partial charge in [0.15, 0.2) is 11.5 Å². The Balaban J connectivity index is 0. The highest BCUT2D eigenvalue weighted by atomic mass is 35.5. The number of rotatable bonds is 0. The summed E-state index contributed by atoms with van der Waals surface area (Å²) in [5, 5.41) is 0. The molecule has 13 heavy (non-hydrogen) atoms. The van der Waals surface area contributed by atoms with Crippen LogP contribution in [0.4, 0.5) is 0 Å². The van der Waals surface area contributed by atoms with Crippen molar-refractivity contribution in [3.05, 3.63) is 24.3 Å². The molecule has 0 amide bonds. The zero-order valence-electron chi connectivity index (χ0n) is 6.28. The first-order valence-corrected chi connectivity index (χ1v) is 3.98. The minimum absolute atomic E-state index is 0. The third-order valence-corrected chi connectivity index (χ3v) is 1.03. The van der Waals surface area contributed by atoms with E-state index in [2.05, 4.69) is 0 Å². The van der Waals surface area contributed by atoms with Gasteiger partial charge in [0, 0.05) is 0 Å². The second-order valence-corrected chi connectivity index (χ2v) is 2.31. The van der Waals surface area contributed by atoms with Gasteiger partial charge in [-0.3, -0.25) is 9.79 Å². The van der Waals surface area contributed by atoms with Crippen molar-refractivity contribution in [1.29, 1.82) is 0 Å². The van der Waals surface area contributed by atoms with E-state index in [9.17, 15) is 0 Å². The quantitative estimate of drug-likeness (QED) is 0.552. The molecule has 0 unspecified atom stereocenters. The van der Waals surface area contributed by atoms with Gasteiger partial charge in [-0.1, -0.05) is 12.1 Å². The number of para-hydroxylation sites is 2. The van der Waals surface area contributed by atoms with Crippen molar-refractivity contribution in [3.8, 4) is 11.5 Å². The Morgan fingerprint density at radius 2 is 1.38 bits per heavy atom. The van der Waals surface area contributed by atoms with Crippen LogP contribution < -0.4 is 4.74 Å². The van der Waals surface area contributed by atoms with E-state index in [0.717, 1.165) is 11.5 Å². The second-order valence-electron chi connectivity index (χ2n) is 1.80. The Morgan fingerprint density at radius 1 is 1.08 bits per heavy atom. The Kier molecular flexibility index (Phi) is 8.21. The number of hydrogen-bond donors (Lipinski definition) is 2. The standard InChI is InChI=1S/C6H4O.2ClH.H2O3P/c1-2-4-6-5(3-1)7-6;;;1-4(2)3/h1-4H;2*1H;(H2,1,2,3).